The first-order valence-electron chi connectivity index (χ1n) is 4.59. The van der Waals surface area contributed by atoms with Gasteiger partial charge in [0.1, 0.15) is 0 Å². The average Bonchev–Trinajstić information content (AvgIpc) is 2.60. The average molecular weight is 204 g/mol. The van der Waals surface area contributed by atoms with Gasteiger partial charge in [-0.25, -0.2) is 9.37 Å². The maximum absolute atomic E-state index is 13.3. The molecule has 1 fully saturated rings. The van der Waals surface area contributed by atoms with Gasteiger partial charge in [0.25, 0.3) is 0 Å². The van der Waals surface area contributed by atoms with E-state index in [0.717, 1.165) is 0 Å². The highest BCUT2D eigenvalue weighted by molar-refractivity contribution is 5.95. The molecular formula is C11H9FN2O. The number of nitrogens with zero attached hydrogens (tertiary/aromatic N) is 2. The Morgan fingerprint density at radius 3 is 3.07 bits per heavy atom. The number of rotatable bonds is 1. The molecule has 0 aromatic carbocycles. The third kappa shape index (κ3) is 1.68. The number of amides is 1. The summed E-state index contributed by atoms with van der Waals surface area (Å²) in [6.45, 7) is 0.350. The van der Waals surface area contributed by atoms with Gasteiger partial charge >= 0.3 is 0 Å². The predicted octanol–water partition coefficient (Wildman–Crippen LogP) is 1.21. The van der Waals surface area contributed by atoms with Crippen molar-refractivity contribution in [2.24, 2.45) is 5.92 Å². The minimum Gasteiger partial charge on any atom is -0.293 e. The van der Waals surface area contributed by atoms with Crippen molar-refractivity contribution in [3.8, 4) is 12.3 Å². The largest absolute Gasteiger partial charge is 0.293 e. The van der Waals surface area contributed by atoms with Gasteiger partial charge in [-0.3, -0.25) is 9.69 Å². The monoisotopic (exact) mass is 204 g/mol. The van der Waals surface area contributed by atoms with Gasteiger partial charge in [0, 0.05) is 25.1 Å². The summed E-state index contributed by atoms with van der Waals surface area (Å²) in [6.07, 6.45) is 6.95. The molecule has 76 valence electrons. The van der Waals surface area contributed by atoms with Crippen LogP contribution in [0.4, 0.5) is 10.2 Å². The minimum absolute atomic E-state index is 0.0697. The van der Waals surface area contributed by atoms with E-state index in [1.165, 1.54) is 23.2 Å². The standard InChI is InChI=1S/C11H9FN2O/c1-2-8-6-10(15)14(7-8)11-9(12)4-3-5-13-11/h1,3-5,8H,6-7H2. The number of anilines is 1. The van der Waals surface area contributed by atoms with Gasteiger partial charge in [-0.2, -0.15) is 0 Å². The number of hydrogen-bond donors (Lipinski definition) is 0. The molecule has 4 heteroatoms. The Morgan fingerprint density at radius 2 is 2.47 bits per heavy atom. The molecule has 2 rings (SSSR count). The summed E-state index contributed by atoms with van der Waals surface area (Å²) in [5.74, 6) is 1.76. The first kappa shape index (κ1) is 9.66. The fourth-order valence-corrected chi connectivity index (χ4v) is 1.60. The molecule has 1 amide bonds. The van der Waals surface area contributed by atoms with Crippen LogP contribution < -0.4 is 4.90 Å². The van der Waals surface area contributed by atoms with E-state index >= 15 is 0 Å². The van der Waals surface area contributed by atoms with Gasteiger partial charge in [-0.05, 0) is 12.1 Å². The van der Waals surface area contributed by atoms with Gasteiger partial charge in [0.05, 0.1) is 0 Å². The van der Waals surface area contributed by atoms with Crippen LogP contribution in [0.15, 0.2) is 18.3 Å². The number of terminal acetylenes is 1. The topological polar surface area (TPSA) is 33.2 Å². The lowest BCUT2D eigenvalue weighted by atomic mass is 10.1. The van der Waals surface area contributed by atoms with Crippen LogP contribution in [-0.4, -0.2) is 17.4 Å². The molecule has 1 aliphatic rings. The molecule has 15 heavy (non-hydrogen) atoms. The SMILES string of the molecule is C#CC1CC(=O)N(c2ncccc2F)C1. The molecule has 0 saturated carbocycles. The first-order chi connectivity index (χ1) is 7.22. The molecule has 1 aromatic heterocycles. The van der Waals surface area contributed by atoms with Gasteiger partial charge < -0.3 is 0 Å². The Balaban J connectivity index is 2.30. The van der Waals surface area contributed by atoms with Crippen molar-refractivity contribution in [3.63, 3.8) is 0 Å². The van der Waals surface area contributed by atoms with Crippen molar-refractivity contribution in [1.82, 2.24) is 4.98 Å². The zero-order chi connectivity index (χ0) is 10.8. The zero-order valence-electron chi connectivity index (χ0n) is 7.98. The lowest BCUT2D eigenvalue weighted by Crippen LogP contribution is -2.26. The Morgan fingerprint density at radius 1 is 1.67 bits per heavy atom. The fraction of sp³-hybridized carbons (Fsp3) is 0.273. The Kier molecular flexibility index (Phi) is 2.38. The summed E-state index contributed by atoms with van der Waals surface area (Å²) in [6, 6.07) is 2.76. The Bertz CT molecular complexity index is 438. The van der Waals surface area contributed by atoms with Crippen LogP contribution >= 0.6 is 0 Å². The number of carbonyl (C=O) groups is 1. The van der Waals surface area contributed by atoms with Crippen LogP contribution in [0.5, 0.6) is 0 Å². The third-order valence-corrected chi connectivity index (χ3v) is 2.36. The summed E-state index contributed by atoms with van der Waals surface area (Å²) in [5, 5.41) is 0. The second-order valence-electron chi connectivity index (χ2n) is 3.38. The van der Waals surface area contributed by atoms with E-state index in [9.17, 15) is 9.18 Å². The molecule has 1 atom stereocenters. The third-order valence-electron chi connectivity index (χ3n) is 2.36. The molecule has 2 heterocycles. The van der Waals surface area contributed by atoms with E-state index in [0.29, 0.717) is 6.54 Å². The van der Waals surface area contributed by atoms with E-state index in [1.807, 2.05) is 0 Å². The molecule has 0 bridgehead atoms. The number of halogens is 1. The first-order valence-corrected chi connectivity index (χ1v) is 4.59. The highest BCUT2D eigenvalue weighted by Gasteiger charge is 2.31. The molecule has 0 N–H and O–H groups in total. The molecular weight excluding hydrogens is 195 g/mol. The van der Waals surface area contributed by atoms with Crippen molar-refractivity contribution < 1.29 is 9.18 Å². The van der Waals surface area contributed by atoms with Gasteiger partial charge in [-0.1, -0.05) is 0 Å². The Hall–Kier alpha value is -1.89. The van der Waals surface area contributed by atoms with E-state index in [1.54, 1.807) is 0 Å². The maximum Gasteiger partial charge on any atom is 0.229 e. The predicted molar refractivity (Wildman–Crippen MR) is 53.5 cm³/mol. The van der Waals surface area contributed by atoms with Gasteiger partial charge in [-0.15, -0.1) is 12.3 Å². The lowest BCUT2D eigenvalue weighted by Gasteiger charge is -2.14. The van der Waals surface area contributed by atoms with E-state index < -0.39 is 5.82 Å². The van der Waals surface area contributed by atoms with Crippen molar-refractivity contribution in [2.45, 2.75) is 6.42 Å². The van der Waals surface area contributed by atoms with Crippen molar-refractivity contribution in [1.29, 1.82) is 0 Å². The van der Waals surface area contributed by atoms with E-state index in [-0.39, 0.29) is 24.1 Å². The highest BCUT2D eigenvalue weighted by Crippen LogP contribution is 2.24. The highest BCUT2D eigenvalue weighted by atomic mass is 19.1. The Labute approximate surface area is 86.9 Å². The molecule has 1 aliphatic heterocycles. The lowest BCUT2D eigenvalue weighted by molar-refractivity contribution is -0.117. The maximum atomic E-state index is 13.3. The summed E-state index contributed by atoms with van der Waals surface area (Å²) < 4.78 is 13.3. The van der Waals surface area contributed by atoms with Crippen LogP contribution in [0, 0.1) is 24.1 Å². The van der Waals surface area contributed by atoms with Crippen molar-refractivity contribution in [3.05, 3.63) is 24.1 Å². The fourth-order valence-electron chi connectivity index (χ4n) is 1.60. The zero-order valence-corrected chi connectivity index (χ0v) is 7.98. The van der Waals surface area contributed by atoms with E-state index in [4.69, 9.17) is 6.42 Å². The van der Waals surface area contributed by atoms with Crippen LogP contribution in [0.25, 0.3) is 0 Å². The summed E-state index contributed by atoms with van der Waals surface area (Å²) in [7, 11) is 0. The van der Waals surface area contributed by atoms with Crippen molar-refractivity contribution >= 4 is 11.7 Å². The normalized spacial score (nSPS) is 20.4. The quantitative estimate of drug-likeness (QED) is 0.644. The smallest absolute Gasteiger partial charge is 0.229 e. The van der Waals surface area contributed by atoms with Crippen molar-refractivity contribution in [2.75, 3.05) is 11.4 Å². The van der Waals surface area contributed by atoms with Crippen LogP contribution in [0.2, 0.25) is 0 Å². The van der Waals surface area contributed by atoms with Crippen LogP contribution in [0.1, 0.15) is 6.42 Å². The van der Waals surface area contributed by atoms with Gasteiger partial charge in [0.2, 0.25) is 5.91 Å². The summed E-state index contributed by atoms with van der Waals surface area (Å²) in [5.41, 5.74) is 0. The van der Waals surface area contributed by atoms with Crippen LogP contribution in [0.3, 0.4) is 0 Å². The summed E-state index contributed by atoms with van der Waals surface area (Å²) >= 11 is 0. The molecule has 0 aliphatic carbocycles. The molecule has 0 spiro atoms. The number of carbonyl (C=O) groups excluding carboxylic acids is 1. The van der Waals surface area contributed by atoms with Crippen LogP contribution in [-0.2, 0) is 4.79 Å². The number of aromatic nitrogens is 1. The molecule has 1 saturated heterocycles. The molecule has 0 radical (unpaired) electrons. The second kappa shape index (κ2) is 3.70. The molecule has 1 aromatic rings. The number of pyridine rings is 1. The summed E-state index contributed by atoms with van der Waals surface area (Å²) in [4.78, 5) is 16.7. The van der Waals surface area contributed by atoms with Gasteiger partial charge in [0.15, 0.2) is 11.6 Å². The number of hydrogen-bond acceptors (Lipinski definition) is 2. The minimum atomic E-state index is -0.497. The molecule has 3 nitrogen and oxygen atoms in total. The van der Waals surface area contributed by atoms with E-state index in [2.05, 4.69) is 10.9 Å². The second-order valence-corrected chi connectivity index (χ2v) is 3.38. The molecule has 1 unspecified atom stereocenters.